The lowest BCUT2D eigenvalue weighted by atomic mass is 10.1. The van der Waals surface area contributed by atoms with Crippen LogP contribution in [0.25, 0.3) is 0 Å². The van der Waals surface area contributed by atoms with Crippen molar-refractivity contribution in [1.82, 2.24) is 9.88 Å². The number of amides is 1. The molecule has 23 heavy (non-hydrogen) atoms. The van der Waals surface area contributed by atoms with E-state index in [0.717, 1.165) is 0 Å². The Kier molecular flexibility index (Phi) is 4.41. The molecule has 0 aliphatic carbocycles. The third kappa shape index (κ3) is 3.59. The number of hydrogen-bond donors (Lipinski definition) is 1. The van der Waals surface area contributed by atoms with Crippen LogP contribution in [0, 0.1) is 5.82 Å². The average Bonchev–Trinajstić information content (AvgIpc) is 2.96. The number of fused-ring (bicyclic) bond motifs is 1. The molecule has 0 bridgehead atoms. The van der Waals surface area contributed by atoms with Gasteiger partial charge in [0.1, 0.15) is 11.6 Å². The first-order chi connectivity index (χ1) is 11.1. The molecule has 5 nitrogen and oxygen atoms in total. The molecule has 120 valence electrons. The number of carbonyl (C=O) groups is 1. The SMILES string of the molecule is O=C(NCCCn1ccccc1=O)C1Cc2cc(F)ccc2O1. The largest absolute Gasteiger partial charge is 0.480 e. The number of aryl methyl sites for hydroxylation is 1. The molecule has 1 amide bonds. The number of nitrogens with one attached hydrogen (secondary N) is 1. The number of halogens is 1. The second-order valence-corrected chi connectivity index (χ2v) is 5.44. The minimum Gasteiger partial charge on any atom is -0.480 e. The van der Waals surface area contributed by atoms with E-state index in [0.29, 0.717) is 37.2 Å². The number of pyridine rings is 1. The summed E-state index contributed by atoms with van der Waals surface area (Å²) in [4.78, 5) is 23.6. The molecule has 1 atom stereocenters. The van der Waals surface area contributed by atoms with Crippen molar-refractivity contribution in [2.75, 3.05) is 6.54 Å². The summed E-state index contributed by atoms with van der Waals surface area (Å²) in [7, 11) is 0. The van der Waals surface area contributed by atoms with Crippen LogP contribution in [0.4, 0.5) is 4.39 Å². The Balaban J connectivity index is 1.46. The van der Waals surface area contributed by atoms with Gasteiger partial charge in [-0.25, -0.2) is 4.39 Å². The van der Waals surface area contributed by atoms with Crippen LogP contribution < -0.4 is 15.6 Å². The smallest absolute Gasteiger partial charge is 0.261 e. The fourth-order valence-electron chi connectivity index (χ4n) is 2.58. The van der Waals surface area contributed by atoms with Crippen LogP contribution in [0.2, 0.25) is 0 Å². The van der Waals surface area contributed by atoms with Gasteiger partial charge in [-0.15, -0.1) is 0 Å². The van der Waals surface area contributed by atoms with Gasteiger partial charge < -0.3 is 14.6 Å². The Morgan fingerprint density at radius 1 is 1.35 bits per heavy atom. The number of rotatable bonds is 5. The predicted octanol–water partition coefficient (Wildman–Crippen LogP) is 1.50. The fraction of sp³-hybridized carbons (Fsp3) is 0.294. The Labute approximate surface area is 132 Å². The second-order valence-electron chi connectivity index (χ2n) is 5.44. The Morgan fingerprint density at radius 2 is 2.22 bits per heavy atom. The minimum absolute atomic E-state index is 0.0598. The summed E-state index contributed by atoms with van der Waals surface area (Å²) in [6, 6.07) is 9.24. The normalized spacial score (nSPS) is 15.8. The first-order valence-electron chi connectivity index (χ1n) is 7.52. The van der Waals surface area contributed by atoms with Crippen LogP contribution in [-0.2, 0) is 17.8 Å². The van der Waals surface area contributed by atoms with E-state index in [2.05, 4.69) is 5.32 Å². The highest BCUT2D eigenvalue weighted by atomic mass is 19.1. The van der Waals surface area contributed by atoms with Crippen LogP contribution in [0.3, 0.4) is 0 Å². The van der Waals surface area contributed by atoms with Crippen molar-refractivity contribution in [2.45, 2.75) is 25.5 Å². The lowest BCUT2D eigenvalue weighted by Gasteiger charge is -2.11. The summed E-state index contributed by atoms with van der Waals surface area (Å²) in [6.45, 7) is 0.988. The maximum Gasteiger partial charge on any atom is 0.261 e. The maximum atomic E-state index is 13.1. The molecular formula is C17H17FN2O3. The van der Waals surface area contributed by atoms with Gasteiger partial charge in [-0.05, 0) is 30.7 Å². The molecule has 0 saturated carbocycles. The summed E-state index contributed by atoms with van der Waals surface area (Å²) in [5.41, 5.74) is 0.649. The predicted molar refractivity (Wildman–Crippen MR) is 82.8 cm³/mol. The van der Waals surface area contributed by atoms with Gasteiger partial charge in [0.15, 0.2) is 6.10 Å². The summed E-state index contributed by atoms with van der Waals surface area (Å²) in [5.74, 6) is 0.00566. The highest BCUT2D eigenvalue weighted by Gasteiger charge is 2.28. The van der Waals surface area contributed by atoms with Crippen molar-refractivity contribution < 1.29 is 13.9 Å². The van der Waals surface area contributed by atoms with E-state index in [1.54, 1.807) is 29.0 Å². The molecule has 0 saturated heterocycles. The van der Waals surface area contributed by atoms with Gasteiger partial charge in [-0.1, -0.05) is 6.07 Å². The quantitative estimate of drug-likeness (QED) is 0.850. The van der Waals surface area contributed by atoms with Gasteiger partial charge in [0.25, 0.3) is 5.91 Å². The van der Waals surface area contributed by atoms with E-state index in [1.165, 1.54) is 18.2 Å². The molecule has 2 aromatic rings. The van der Waals surface area contributed by atoms with E-state index in [9.17, 15) is 14.0 Å². The summed E-state index contributed by atoms with van der Waals surface area (Å²) in [5, 5.41) is 2.79. The van der Waals surface area contributed by atoms with Crippen molar-refractivity contribution in [3.05, 3.63) is 64.3 Å². The molecule has 2 heterocycles. The molecule has 1 aromatic carbocycles. The van der Waals surface area contributed by atoms with Gasteiger partial charge in [-0.2, -0.15) is 0 Å². The summed E-state index contributed by atoms with van der Waals surface area (Å²) in [6.07, 6.45) is 2.11. The number of benzene rings is 1. The lowest BCUT2D eigenvalue weighted by Crippen LogP contribution is -2.38. The monoisotopic (exact) mass is 316 g/mol. The van der Waals surface area contributed by atoms with Gasteiger partial charge >= 0.3 is 0 Å². The van der Waals surface area contributed by atoms with Crippen molar-refractivity contribution in [3.8, 4) is 5.75 Å². The third-order valence-corrected chi connectivity index (χ3v) is 3.76. The van der Waals surface area contributed by atoms with Crippen LogP contribution in [-0.4, -0.2) is 23.1 Å². The lowest BCUT2D eigenvalue weighted by molar-refractivity contribution is -0.127. The Morgan fingerprint density at radius 3 is 3.04 bits per heavy atom. The first kappa shape index (κ1) is 15.3. The number of ether oxygens (including phenoxy) is 1. The zero-order valence-corrected chi connectivity index (χ0v) is 12.5. The molecule has 0 radical (unpaired) electrons. The van der Waals surface area contributed by atoms with E-state index in [-0.39, 0.29) is 17.3 Å². The van der Waals surface area contributed by atoms with E-state index in [4.69, 9.17) is 4.74 Å². The van der Waals surface area contributed by atoms with Gasteiger partial charge in [0.2, 0.25) is 5.56 Å². The third-order valence-electron chi connectivity index (χ3n) is 3.76. The molecule has 0 fully saturated rings. The first-order valence-corrected chi connectivity index (χ1v) is 7.52. The van der Waals surface area contributed by atoms with Crippen molar-refractivity contribution in [2.24, 2.45) is 0 Å². The van der Waals surface area contributed by atoms with Crippen molar-refractivity contribution in [3.63, 3.8) is 0 Å². The minimum atomic E-state index is -0.619. The second kappa shape index (κ2) is 6.64. The molecule has 1 unspecified atom stereocenters. The number of carbonyl (C=O) groups excluding carboxylic acids is 1. The van der Waals surface area contributed by atoms with Crippen molar-refractivity contribution >= 4 is 5.91 Å². The number of hydrogen-bond acceptors (Lipinski definition) is 3. The molecule has 1 aliphatic rings. The van der Waals surface area contributed by atoms with Crippen molar-refractivity contribution in [1.29, 1.82) is 0 Å². The maximum absolute atomic E-state index is 13.1. The topological polar surface area (TPSA) is 60.3 Å². The van der Waals surface area contributed by atoms with Crippen LogP contribution in [0.15, 0.2) is 47.4 Å². The standard InChI is InChI=1S/C17H17FN2O3/c18-13-5-6-14-12(10-13)11-15(23-14)17(22)19-7-3-9-20-8-2-1-4-16(20)21/h1-2,4-6,8,10,15H,3,7,9,11H2,(H,19,22). The van der Waals surface area contributed by atoms with Crippen LogP contribution >= 0.6 is 0 Å². The highest BCUT2D eigenvalue weighted by Crippen LogP contribution is 2.29. The molecule has 1 aliphatic heterocycles. The highest BCUT2D eigenvalue weighted by molar-refractivity contribution is 5.82. The van der Waals surface area contributed by atoms with Gasteiger partial charge in [0.05, 0.1) is 0 Å². The molecular weight excluding hydrogens is 299 g/mol. The van der Waals surface area contributed by atoms with Gasteiger partial charge in [-0.3, -0.25) is 9.59 Å². The van der Waals surface area contributed by atoms with Gasteiger partial charge in [0, 0.05) is 37.3 Å². The zero-order chi connectivity index (χ0) is 16.2. The van der Waals surface area contributed by atoms with E-state index in [1.807, 2.05) is 0 Å². The number of nitrogens with zero attached hydrogens (tertiary/aromatic N) is 1. The zero-order valence-electron chi connectivity index (χ0n) is 12.5. The summed E-state index contributed by atoms with van der Waals surface area (Å²) >= 11 is 0. The molecule has 3 rings (SSSR count). The van der Waals surface area contributed by atoms with Crippen LogP contribution in [0.1, 0.15) is 12.0 Å². The van der Waals surface area contributed by atoms with E-state index < -0.39 is 6.10 Å². The average molecular weight is 316 g/mol. The molecule has 1 aromatic heterocycles. The Hall–Kier alpha value is -2.63. The Bertz CT molecular complexity index is 772. The summed E-state index contributed by atoms with van der Waals surface area (Å²) < 4.78 is 20.3. The fourth-order valence-corrected chi connectivity index (χ4v) is 2.58. The molecule has 0 spiro atoms. The van der Waals surface area contributed by atoms with E-state index >= 15 is 0 Å². The number of aromatic nitrogens is 1. The van der Waals surface area contributed by atoms with Crippen LogP contribution in [0.5, 0.6) is 5.75 Å². The molecule has 1 N–H and O–H groups in total. The molecule has 6 heteroatoms.